The standard InChI is InChI=1S/C13H19N3O/c1-10(2)9-11-3-5-12(6-4-11)13(7-8-17)15-16-14/h3-6,10,13,17H,7-9H2,1-2H3. The van der Waals surface area contributed by atoms with Gasteiger partial charge in [0.25, 0.3) is 0 Å². The van der Waals surface area contributed by atoms with Gasteiger partial charge in [-0.15, -0.1) is 0 Å². The van der Waals surface area contributed by atoms with Gasteiger partial charge in [-0.2, -0.15) is 0 Å². The van der Waals surface area contributed by atoms with Crippen molar-refractivity contribution in [1.82, 2.24) is 0 Å². The third-order valence-electron chi connectivity index (χ3n) is 2.60. The zero-order valence-corrected chi connectivity index (χ0v) is 10.4. The van der Waals surface area contributed by atoms with Gasteiger partial charge in [-0.25, -0.2) is 0 Å². The van der Waals surface area contributed by atoms with Gasteiger partial charge in [-0.3, -0.25) is 0 Å². The highest BCUT2D eigenvalue weighted by atomic mass is 16.3. The van der Waals surface area contributed by atoms with E-state index in [2.05, 4.69) is 36.0 Å². The van der Waals surface area contributed by atoms with Gasteiger partial charge in [0.15, 0.2) is 0 Å². The fourth-order valence-electron chi connectivity index (χ4n) is 1.82. The predicted molar refractivity (Wildman–Crippen MR) is 68.6 cm³/mol. The Kier molecular flexibility index (Phi) is 5.53. The lowest BCUT2D eigenvalue weighted by Crippen LogP contribution is -1.99. The van der Waals surface area contributed by atoms with Gasteiger partial charge in [0, 0.05) is 11.5 Å². The molecule has 0 aromatic heterocycles. The number of hydrogen-bond donors (Lipinski definition) is 1. The molecule has 1 rings (SSSR count). The maximum atomic E-state index is 8.91. The van der Waals surface area contributed by atoms with Crippen LogP contribution >= 0.6 is 0 Å². The van der Waals surface area contributed by atoms with E-state index in [1.54, 1.807) is 0 Å². The van der Waals surface area contributed by atoms with Crippen LogP contribution in [0.25, 0.3) is 10.4 Å². The molecule has 0 saturated heterocycles. The van der Waals surface area contributed by atoms with Crippen LogP contribution in [0.15, 0.2) is 29.4 Å². The maximum absolute atomic E-state index is 8.91. The van der Waals surface area contributed by atoms with Gasteiger partial charge in [0.05, 0.1) is 6.04 Å². The van der Waals surface area contributed by atoms with Crippen LogP contribution < -0.4 is 0 Å². The van der Waals surface area contributed by atoms with Crippen molar-refractivity contribution in [2.75, 3.05) is 6.61 Å². The van der Waals surface area contributed by atoms with Crippen molar-refractivity contribution in [2.24, 2.45) is 11.0 Å². The summed E-state index contributed by atoms with van der Waals surface area (Å²) in [6.45, 7) is 4.39. The zero-order valence-electron chi connectivity index (χ0n) is 10.4. The first-order chi connectivity index (χ1) is 8.17. The quantitative estimate of drug-likeness (QED) is 0.455. The van der Waals surface area contributed by atoms with Crippen LogP contribution in [0, 0.1) is 5.92 Å². The molecule has 1 N–H and O–H groups in total. The van der Waals surface area contributed by atoms with E-state index in [0.717, 1.165) is 12.0 Å². The molecular formula is C13H19N3O. The van der Waals surface area contributed by atoms with E-state index in [1.165, 1.54) is 5.56 Å². The van der Waals surface area contributed by atoms with Crippen molar-refractivity contribution < 1.29 is 5.11 Å². The molecule has 0 aliphatic carbocycles. The molecule has 0 aliphatic heterocycles. The number of aliphatic hydroxyl groups excluding tert-OH is 1. The fourth-order valence-corrected chi connectivity index (χ4v) is 1.82. The van der Waals surface area contributed by atoms with E-state index in [-0.39, 0.29) is 12.6 Å². The maximum Gasteiger partial charge on any atom is 0.0647 e. The normalized spacial score (nSPS) is 12.2. The van der Waals surface area contributed by atoms with E-state index in [4.69, 9.17) is 10.6 Å². The highest BCUT2D eigenvalue weighted by Gasteiger charge is 2.08. The van der Waals surface area contributed by atoms with Gasteiger partial charge in [0.1, 0.15) is 0 Å². The largest absolute Gasteiger partial charge is 0.396 e. The Balaban J connectivity index is 2.80. The van der Waals surface area contributed by atoms with E-state index in [1.807, 2.05) is 12.1 Å². The number of rotatable bonds is 6. The SMILES string of the molecule is CC(C)Cc1ccc(C(CCO)N=[N+]=[N-])cc1. The lowest BCUT2D eigenvalue weighted by Gasteiger charge is -2.11. The molecule has 17 heavy (non-hydrogen) atoms. The van der Waals surface area contributed by atoms with Crippen LogP contribution in [0.3, 0.4) is 0 Å². The number of aliphatic hydroxyl groups is 1. The Morgan fingerprint density at radius 3 is 2.41 bits per heavy atom. The van der Waals surface area contributed by atoms with Crippen molar-refractivity contribution in [3.63, 3.8) is 0 Å². The van der Waals surface area contributed by atoms with E-state index >= 15 is 0 Å². The third kappa shape index (κ3) is 4.47. The smallest absolute Gasteiger partial charge is 0.0647 e. The Bertz CT molecular complexity index is 380. The monoisotopic (exact) mass is 233 g/mol. The van der Waals surface area contributed by atoms with Crippen molar-refractivity contribution in [3.8, 4) is 0 Å². The van der Waals surface area contributed by atoms with E-state index < -0.39 is 0 Å². The summed E-state index contributed by atoms with van der Waals surface area (Å²) in [5, 5.41) is 12.6. The molecule has 0 spiro atoms. The molecule has 1 aromatic rings. The van der Waals surface area contributed by atoms with Gasteiger partial charge in [-0.05, 0) is 35.4 Å². The summed E-state index contributed by atoms with van der Waals surface area (Å²) in [6, 6.07) is 7.82. The molecule has 0 heterocycles. The minimum Gasteiger partial charge on any atom is -0.396 e. The molecule has 1 aromatic carbocycles. The second-order valence-corrected chi connectivity index (χ2v) is 4.57. The molecule has 0 fully saturated rings. The summed E-state index contributed by atoms with van der Waals surface area (Å²) >= 11 is 0. The van der Waals surface area contributed by atoms with Crippen molar-refractivity contribution in [3.05, 3.63) is 45.8 Å². The van der Waals surface area contributed by atoms with Crippen LogP contribution in [0.4, 0.5) is 0 Å². The van der Waals surface area contributed by atoms with Crippen LogP contribution in [0.1, 0.15) is 37.4 Å². The number of hydrogen-bond acceptors (Lipinski definition) is 2. The first kappa shape index (κ1) is 13.6. The fraction of sp³-hybridized carbons (Fsp3) is 0.538. The topological polar surface area (TPSA) is 69.0 Å². The second kappa shape index (κ2) is 6.94. The number of azide groups is 1. The molecule has 1 atom stereocenters. The molecule has 0 amide bonds. The summed E-state index contributed by atoms with van der Waals surface area (Å²) in [5.41, 5.74) is 10.7. The van der Waals surface area contributed by atoms with Gasteiger partial charge in [0.2, 0.25) is 0 Å². The van der Waals surface area contributed by atoms with Gasteiger partial charge >= 0.3 is 0 Å². The highest BCUT2D eigenvalue weighted by Crippen LogP contribution is 2.22. The highest BCUT2D eigenvalue weighted by molar-refractivity contribution is 5.25. The molecule has 0 aliphatic rings. The summed E-state index contributed by atoms with van der Waals surface area (Å²) in [4.78, 5) is 2.82. The molecular weight excluding hydrogens is 214 g/mol. The number of benzene rings is 1. The Morgan fingerprint density at radius 1 is 1.29 bits per heavy atom. The molecule has 0 saturated carbocycles. The average molecular weight is 233 g/mol. The van der Waals surface area contributed by atoms with Crippen molar-refractivity contribution in [2.45, 2.75) is 32.7 Å². The average Bonchev–Trinajstić information content (AvgIpc) is 2.29. The van der Waals surface area contributed by atoms with E-state index in [9.17, 15) is 0 Å². The van der Waals surface area contributed by atoms with Crippen molar-refractivity contribution in [1.29, 1.82) is 0 Å². The van der Waals surface area contributed by atoms with Crippen LogP contribution in [0.5, 0.6) is 0 Å². The molecule has 4 heteroatoms. The first-order valence-electron chi connectivity index (χ1n) is 5.91. The summed E-state index contributed by atoms with van der Waals surface area (Å²) in [6.07, 6.45) is 1.51. The molecule has 92 valence electrons. The molecule has 0 radical (unpaired) electrons. The Morgan fingerprint density at radius 2 is 1.94 bits per heavy atom. The lowest BCUT2D eigenvalue weighted by molar-refractivity contribution is 0.276. The zero-order chi connectivity index (χ0) is 12.7. The predicted octanol–water partition coefficient (Wildman–Crippen LogP) is 3.62. The Hall–Kier alpha value is -1.51. The third-order valence-corrected chi connectivity index (χ3v) is 2.60. The van der Waals surface area contributed by atoms with Gasteiger partial charge in [-0.1, -0.05) is 43.2 Å². The molecule has 0 bridgehead atoms. The molecule has 4 nitrogen and oxygen atoms in total. The summed E-state index contributed by atoms with van der Waals surface area (Å²) in [7, 11) is 0. The lowest BCUT2D eigenvalue weighted by atomic mass is 9.99. The Labute approximate surface area is 102 Å². The van der Waals surface area contributed by atoms with E-state index in [0.29, 0.717) is 12.3 Å². The van der Waals surface area contributed by atoms with Crippen LogP contribution in [-0.4, -0.2) is 11.7 Å². The molecule has 1 unspecified atom stereocenters. The van der Waals surface area contributed by atoms with Crippen LogP contribution in [0.2, 0.25) is 0 Å². The van der Waals surface area contributed by atoms with Gasteiger partial charge < -0.3 is 5.11 Å². The first-order valence-corrected chi connectivity index (χ1v) is 5.91. The minimum atomic E-state index is -0.266. The minimum absolute atomic E-state index is 0.0252. The summed E-state index contributed by atoms with van der Waals surface area (Å²) in [5.74, 6) is 0.631. The number of nitrogens with zero attached hydrogens (tertiary/aromatic N) is 3. The summed E-state index contributed by atoms with van der Waals surface area (Å²) < 4.78 is 0. The second-order valence-electron chi connectivity index (χ2n) is 4.57. The van der Waals surface area contributed by atoms with Crippen LogP contribution in [-0.2, 0) is 6.42 Å². The van der Waals surface area contributed by atoms with Crippen molar-refractivity contribution >= 4 is 0 Å².